The number of rotatable bonds is 8. The normalized spacial score (nSPS) is 15.9. The molecule has 10 heteroatoms. The Morgan fingerprint density at radius 1 is 1.17 bits per heavy atom. The van der Waals surface area contributed by atoms with Gasteiger partial charge in [-0.15, -0.1) is 11.3 Å². The molecule has 0 radical (unpaired) electrons. The predicted molar refractivity (Wildman–Crippen MR) is 132 cm³/mol. The highest BCUT2D eigenvalue weighted by Gasteiger charge is 2.37. The number of carboxylic acid groups (broad SMARTS) is 1. The minimum Gasteiger partial charge on any atom is -0.493 e. The summed E-state index contributed by atoms with van der Waals surface area (Å²) in [6, 6.07) is 8.37. The van der Waals surface area contributed by atoms with Crippen LogP contribution in [0.5, 0.6) is 5.75 Å². The topological polar surface area (TPSA) is 112 Å². The van der Waals surface area contributed by atoms with Crippen molar-refractivity contribution in [3.8, 4) is 27.4 Å². The first-order valence-corrected chi connectivity index (χ1v) is 13.8. The first kappa shape index (κ1) is 23.8. The zero-order chi connectivity index (χ0) is 24.9. The molecule has 2 aliphatic rings. The monoisotopic (exact) mass is 515 g/mol. The number of pyridine rings is 1. The van der Waals surface area contributed by atoms with Crippen LogP contribution in [0, 0.1) is 6.92 Å². The van der Waals surface area contributed by atoms with Crippen LogP contribution in [0.4, 0.5) is 0 Å². The van der Waals surface area contributed by atoms with Gasteiger partial charge >= 0.3 is 5.97 Å². The highest BCUT2D eigenvalue weighted by molar-refractivity contribution is 7.90. The zero-order valence-corrected chi connectivity index (χ0v) is 21.0. The summed E-state index contributed by atoms with van der Waals surface area (Å²) >= 11 is 1.56. The van der Waals surface area contributed by atoms with Crippen LogP contribution < -0.4 is 10.3 Å². The van der Waals surface area contributed by atoms with Crippen LogP contribution >= 0.6 is 11.3 Å². The maximum atomic E-state index is 13.4. The third-order valence-electron chi connectivity index (χ3n) is 6.23. The van der Waals surface area contributed by atoms with E-state index in [4.69, 9.17) is 9.47 Å². The molecule has 35 heavy (non-hydrogen) atoms. The molecule has 8 nitrogen and oxygen atoms in total. The summed E-state index contributed by atoms with van der Waals surface area (Å²) in [6.45, 7) is 2.86. The van der Waals surface area contributed by atoms with Crippen LogP contribution in [0.25, 0.3) is 21.7 Å². The molecule has 3 aromatic rings. The van der Waals surface area contributed by atoms with Crippen molar-refractivity contribution >= 4 is 27.1 Å². The van der Waals surface area contributed by atoms with Gasteiger partial charge in [0, 0.05) is 53.1 Å². The maximum Gasteiger partial charge on any atom is 0.341 e. The van der Waals surface area contributed by atoms with E-state index >= 15 is 0 Å². The predicted octanol–water partition coefficient (Wildman–Crippen LogP) is 4.29. The Kier molecular flexibility index (Phi) is 6.06. The van der Waals surface area contributed by atoms with E-state index < -0.39 is 26.9 Å². The molecule has 1 aromatic carbocycles. The number of aromatic carboxylic acids is 1. The van der Waals surface area contributed by atoms with Crippen molar-refractivity contribution in [3.05, 3.63) is 56.7 Å². The lowest BCUT2D eigenvalue weighted by molar-refractivity contribution is 0.0694. The summed E-state index contributed by atoms with van der Waals surface area (Å²) in [4.78, 5) is 27.0. The first-order chi connectivity index (χ1) is 16.7. The van der Waals surface area contributed by atoms with Gasteiger partial charge in [-0.05, 0) is 49.6 Å². The lowest BCUT2D eigenvalue weighted by atomic mass is 9.99. The molecule has 0 amide bonds. The standard InChI is InChI=1S/C25H25NO7S2/c1-14-4-7-21(34-14)17-11-18-22(12-20(17)33-9-3-8-32-2)35(30,31)13-15-10-19(25(28)29)24(27)26(23(15)18)16-5-6-16/h4,7,10-12,16H,3,5-6,8-9,13H2,1-2H3,(H,28,29). The van der Waals surface area contributed by atoms with Crippen LogP contribution in [-0.4, -0.2) is 44.4 Å². The molecule has 5 rings (SSSR count). The SMILES string of the molecule is COCCCOc1cc2c(cc1-c1ccc(C)s1)-c1c(cc(C(=O)O)c(=O)n1C1CC1)CS2(=O)=O. The highest BCUT2D eigenvalue weighted by Crippen LogP contribution is 2.47. The van der Waals surface area contributed by atoms with Gasteiger partial charge in [0.15, 0.2) is 9.84 Å². The number of aryl methyl sites for hydroxylation is 1. The Labute approximate surface area is 206 Å². The molecule has 2 aromatic heterocycles. The number of hydrogen-bond acceptors (Lipinski definition) is 7. The number of methoxy groups -OCH3 is 1. The van der Waals surface area contributed by atoms with Gasteiger partial charge in [-0.2, -0.15) is 0 Å². The van der Waals surface area contributed by atoms with E-state index in [2.05, 4.69) is 0 Å². The Morgan fingerprint density at radius 3 is 2.57 bits per heavy atom. The van der Waals surface area contributed by atoms with Gasteiger partial charge in [-0.25, -0.2) is 13.2 Å². The van der Waals surface area contributed by atoms with Crippen molar-refractivity contribution < 1.29 is 27.8 Å². The number of carboxylic acids is 1. The van der Waals surface area contributed by atoms with Gasteiger partial charge in [0.1, 0.15) is 11.3 Å². The van der Waals surface area contributed by atoms with E-state index in [0.29, 0.717) is 42.2 Å². The minimum atomic E-state index is -3.79. The number of nitrogens with zero attached hydrogens (tertiary/aromatic N) is 1. The number of fused-ring (bicyclic) bond motifs is 3. The van der Waals surface area contributed by atoms with E-state index in [-0.39, 0.29) is 16.7 Å². The number of aromatic nitrogens is 1. The fourth-order valence-corrected chi connectivity index (χ4v) is 6.95. The Balaban J connectivity index is 1.77. The summed E-state index contributed by atoms with van der Waals surface area (Å²) in [5.41, 5.74) is 0.979. The van der Waals surface area contributed by atoms with Gasteiger partial charge in [-0.1, -0.05) is 0 Å². The van der Waals surface area contributed by atoms with Gasteiger partial charge < -0.3 is 19.1 Å². The molecule has 0 unspecified atom stereocenters. The van der Waals surface area contributed by atoms with E-state index in [9.17, 15) is 23.1 Å². The Morgan fingerprint density at radius 2 is 1.94 bits per heavy atom. The van der Waals surface area contributed by atoms with E-state index in [0.717, 1.165) is 28.2 Å². The summed E-state index contributed by atoms with van der Waals surface area (Å²) in [6.07, 6.45) is 2.13. The smallest absolute Gasteiger partial charge is 0.341 e. The van der Waals surface area contributed by atoms with Crippen molar-refractivity contribution in [2.45, 2.75) is 42.9 Å². The molecule has 1 fully saturated rings. The number of hydrogen-bond donors (Lipinski definition) is 1. The summed E-state index contributed by atoms with van der Waals surface area (Å²) in [5, 5.41) is 9.58. The molecule has 0 saturated heterocycles. The number of carbonyl (C=O) groups is 1. The fraction of sp³-hybridized carbons (Fsp3) is 0.360. The Bertz CT molecular complexity index is 1500. The third-order valence-corrected chi connectivity index (χ3v) is 8.96. The van der Waals surface area contributed by atoms with Crippen molar-refractivity contribution in [3.63, 3.8) is 0 Å². The first-order valence-electron chi connectivity index (χ1n) is 11.3. The minimum absolute atomic E-state index is 0.0978. The molecule has 184 valence electrons. The lowest BCUT2D eigenvalue weighted by Gasteiger charge is -2.26. The van der Waals surface area contributed by atoms with Crippen molar-refractivity contribution in [2.24, 2.45) is 0 Å². The number of thiophene rings is 1. The molecule has 1 aliphatic heterocycles. The van der Waals surface area contributed by atoms with Crippen LogP contribution in [0.15, 0.2) is 40.0 Å². The molecule has 1 saturated carbocycles. The largest absolute Gasteiger partial charge is 0.493 e. The molecule has 0 spiro atoms. The number of sulfone groups is 1. The Hall–Kier alpha value is -2.95. The molecular weight excluding hydrogens is 490 g/mol. The van der Waals surface area contributed by atoms with E-state index in [1.807, 2.05) is 19.1 Å². The second-order valence-corrected chi connectivity index (χ2v) is 12.1. The van der Waals surface area contributed by atoms with E-state index in [1.165, 1.54) is 10.6 Å². The fourth-order valence-electron chi connectivity index (χ4n) is 4.50. The summed E-state index contributed by atoms with van der Waals surface area (Å²) in [5.74, 6) is -1.27. The van der Waals surface area contributed by atoms with Gasteiger partial charge in [-0.3, -0.25) is 4.79 Å². The van der Waals surface area contributed by atoms with Crippen LogP contribution in [0.2, 0.25) is 0 Å². The summed E-state index contributed by atoms with van der Waals surface area (Å²) < 4.78 is 39.4. The molecule has 0 bridgehead atoms. The second kappa shape index (κ2) is 8.92. The molecule has 1 aliphatic carbocycles. The third kappa shape index (κ3) is 4.30. The summed E-state index contributed by atoms with van der Waals surface area (Å²) in [7, 11) is -2.18. The highest BCUT2D eigenvalue weighted by atomic mass is 32.2. The lowest BCUT2D eigenvalue weighted by Crippen LogP contribution is -2.30. The van der Waals surface area contributed by atoms with Gasteiger partial charge in [0.25, 0.3) is 5.56 Å². The van der Waals surface area contributed by atoms with Gasteiger partial charge in [0.05, 0.1) is 22.9 Å². The average Bonchev–Trinajstić information content (AvgIpc) is 3.55. The van der Waals surface area contributed by atoms with E-state index in [1.54, 1.807) is 30.6 Å². The van der Waals surface area contributed by atoms with Gasteiger partial charge in [0.2, 0.25) is 0 Å². The van der Waals surface area contributed by atoms with Crippen molar-refractivity contribution in [2.75, 3.05) is 20.3 Å². The van der Waals surface area contributed by atoms with Crippen molar-refractivity contribution in [1.82, 2.24) is 4.57 Å². The molecule has 3 heterocycles. The average molecular weight is 516 g/mol. The second-order valence-electron chi connectivity index (χ2n) is 8.85. The quantitative estimate of drug-likeness (QED) is 0.446. The number of ether oxygens (including phenoxy) is 2. The van der Waals surface area contributed by atoms with Crippen LogP contribution in [0.1, 0.15) is 46.1 Å². The van der Waals surface area contributed by atoms with Crippen LogP contribution in [0.3, 0.4) is 0 Å². The van der Waals surface area contributed by atoms with Crippen molar-refractivity contribution in [1.29, 1.82) is 0 Å². The molecule has 0 atom stereocenters. The molecule has 1 N–H and O–H groups in total. The van der Waals surface area contributed by atoms with Crippen LogP contribution in [-0.2, 0) is 20.3 Å². The zero-order valence-electron chi connectivity index (χ0n) is 19.4. The number of benzene rings is 1. The molecular formula is C25H25NO7S2. The maximum absolute atomic E-state index is 13.4.